The number of sulfonamides is 1. The van der Waals surface area contributed by atoms with E-state index >= 15 is 0 Å². The third kappa shape index (κ3) is 1.76. The molecular formula is C16H12ClNO3S. The highest BCUT2D eigenvalue weighted by Gasteiger charge is 2.38. The maximum Gasteiger partial charge on any atom is 0.265 e. The van der Waals surface area contributed by atoms with Crippen molar-refractivity contribution in [2.24, 2.45) is 0 Å². The van der Waals surface area contributed by atoms with Gasteiger partial charge in [-0.05, 0) is 42.7 Å². The second kappa shape index (κ2) is 4.57. The Morgan fingerprint density at radius 1 is 1.09 bits per heavy atom. The molecule has 6 heteroatoms. The van der Waals surface area contributed by atoms with Crippen molar-refractivity contribution in [2.45, 2.75) is 17.7 Å². The third-order valence-corrected chi connectivity index (χ3v) is 6.25. The number of aryl methyl sites for hydroxylation is 1. The summed E-state index contributed by atoms with van der Waals surface area (Å²) < 4.78 is 27.4. The molecule has 0 saturated carbocycles. The molecule has 112 valence electrons. The Kier molecular flexibility index (Phi) is 2.86. The van der Waals surface area contributed by atoms with Gasteiger partial charge in [0.1, 0.15) is 4.90 Å². The van der Waals surface area contributed by atoms with Crippen LogP contribution in [-0.4, -0.2) is 20.7 Å². The molecule has 0 unspecified atom stereocenters. The number of benzene rings is 2. The van der Waals surface area contributed by atoms with Crippen molar-refractivity contribution >= 4 is 33.1 Å². The van der Waals surface area contributed by atoms with Crippen LogP contribution < -0.4 is 4.31 Å². The van der Waals surface area contributed by atoms with E-state index in [-0.39, 0.29) is 16.2 Å². The Morgan fingerprint density at radius 2 is 1.91 bits per heavy atom. The molecule has 4 rings (SSSR count). The maximum atomic E-state index is 13.0. The highest BCUT2D eigenvalue weighted by Crippen LogP contribution is 2.40. The van der Waals surface area contributed by atoms with Crippen LogP contribution in [0.4, 0.5) is 5.69 Å². The molecule has 0 aromatic heterocycles. The summed E-state index contributed by atoms with van der Waals surface area (Å²) in [4.78, 5) is 12.8. The molecule has 0 bridgehead atoms. The third-order valence-electron chi connectivity index (χ3n) is 4.18. The molecule has 0 aliphatic carbocycles. The smallest absolute Gasteiger partial charge is 0.265 e. The van der Waals surface area contributed by atoms with Crippen molar-refractivity contribution in [1.29, 1.82) is 0 Å². The van der Waals surface area contributed by atoms with Crippen molar-refractivity contribution in [2.75, 3.05) is 10.8 Å². The number of nitrogens with zero attached hydrogens (tertiary/aromatic N) is 1. The minimum absolute atomic E-state index is 0.00551. The van der Waals surface area contributed by atoms with E-state index in [2.05, 4.69) is 0 Å². The van der Waals surface area contributed by atoms with E-state index in [0.29, 0.717) is 22.8 Å². The first-order valence-electron chi connectivity index (χ1n) is 6.99. The van der Waals surface area contributed by atoms with E-state index in [1.165, 1.54) is 16.4 Å². The molecule has 0 radical (unpaired) electrons. The second-order valence-electron chi connectivity index (χ2n) is 5.46. The van der Waals surface area contributed by atoms with Gasteiger partial charge in [-0.25, -0.2) is 8.42 Å². The number of hydrogen-bond acceptors (Lipinski definition) is 3. The van der Waals surface area contributed by atoms with E-state index in [4.69, 9.17) is 11.6 Å². The first kappa shape index (κ1) is 13.8. The Morgan fingerprint density at radius 3 is 2.73 bits per heavy atom. The summed E-state index contributed by atoms with van der Waals surface area (Å²) in [5, 5.41) is 0.304. The highest BCUT2D eigenvalue weighted by atomic mass is 35.5. The summed E-state index contributed by atoms with van der Waals surface area (Å²) in [5.41, 5.74) is 2.07. The van der Waals surface area contributed by atoms with Gasteiger partial charge in [0.25, 0.3) is 10.0 Å². The molecule has 0 fully saturated rings. The Hall–Kier alpha value is -1.85. The SMILES string of the molecule is O=C1c2ccc(Cl)cc2S(=O)(=O)N2CCCc3cccc1c32. The molecule has 2 heterocycles. The number of anilines is 1. The fourth-order valence-electron chi connectivity index (χ4n) is 3.20. The van der Waals surface area contributed by atoms with Gasteiger partial charge in [-0.1, -0.05) is 23.7 Å². The van der Waals surface area contributed by atoms with Gasteiger partial charge < -0.3 is 0 Å². The predicted octanol–water partition coefficient (Wildman–Crippen LogP) is 3.03. The lowest BCUT2D eigenvalue weighted by Gasteiger charge is -2.30. The zero-order valence-electron chi connectivity index (χ0n) is 11.5. The van der Waals surface area contributed by atoms with Gasteiger partial charge in [-0.3, -0.25) is 9.10 Å². The summed E-state index contributed by atoms with van der Waals surface area (Å²) in [6.07, 6.45) is 1.51. The average Bonchev–Trinajstić information content (AvgIpc) is 2.58. The lowest BCUT2D eigenvalue weighted by molar-refractivity contribution is 0.103. The molecule has 0 atom stereocenters. The number of hydrogen-bond donors (Lipinski definition) is 0. The maximum absolute atomic E-state index is 13.0. The molecule has 4 nitrogen and oxygen atoms in total. The number of halogens is 1. The Labute approximate surface area is 133 Å². The number of carbonyl (C=O) groups excluding carboxylic acids is 1. The molecule has 2 aliphatic heterocycles. The lowest BCUT2D eigenvalue weighted by Crippen LogP contribution is -2.35. The van der Waals surface area contributed by atoms with Crippen molar-refractivity contribution in [3.63, 3.8) is 0 Å². The molecule has 0 saturated heterocycles. The number of carbonyl (C=O) groups is 1. The number of para-hydroxylation sites is 1. The first-order chi connectivity index (χ1) is 10.5. The monoisotopic (exact) mass is 333 g/mol. The van der Waals surface area contributed by atoms with Crippen LogP contribution in [0.2, 0.25) is 5.02 Å². The first-order valence-corrected chi connectivity index (χ1v) is 8.81. The number of ketones is 1. The molecule has 2 aromatic carbocycles. The molecule has 0 N–H and O–H groups in total. The zero-order chi connectivity index (χ0) is 15.5. The Balaban J connectivity index is 2.14. The lowest BCUT2D eigenvalue weighted by atomic mass is 9.95. The standard InChI is InChI=1S/C16H12ClNO3S/c17-11-6-7-12-14(9-11)22(20,21)18-8-2-4-10-3-1-5-13(15(10)18)16(12)19/h1,3,5-7,9H,2,4,8H2. The van der Waals surface area contributed by atoms with E-state index in [9.17, 15) is 13.2 Å². The quantitative estimate of drug-likeness (QED) is 0.744. The van der Waals surface area contributed by atoms with Crippen LogP contribution in [0.25, 0.3) is 0 Å². The van der Waals surface area contributed by atoms with Gasteiger partial charge in [-0.15, -0.1) is 0 Å². The van der Waals surface area contributed by atoms with E-state index in [1.807, 2.05) is 12.1 Å². The fraction of sp³-hybridized carbons (Fsp3) is 0.188. The zero-order valence-corrected chi connectivity index (χ0v) is 13.1. The molecule has 2 aromatic rings. The van der Waals surface area contributed by atoms with Crippen molar-refractivity contribution in [1.82, 2.24) is 0 Å². The average molecular weight is 334 g/mol. The van der Waals surface area contributed by atoms with Crippen LogP contribution in [0.3, 0.4) is 0 Å². The van der Waals surface area contributed by atoms with Crippen LogP contribution in [0.5, 0.6) is 0 Å². The van der Waals surface area contributed by atoms with E-state index in [1.54, 1.807) is 12.1 Å². The van der Waals surface area contributed by atoms with E-state index < -0.39 is 10.0 Å². The highest BCUT2D eigenvalue weighted by molar-refractivity contribution is 7.93. The van der Waals surface area contributed by atoms with Crippen LogP contribution in [0, 0.1) is 0 Å². The van der Waals surface area contributed by atoms with Gasteiger partial charge in [-0.2, -0.15) is 0 Å². The van der Waals surface area contributed by atoms with Gasteiger partial charge in [0.2, 0.25) is 0 Å². The largest absolute Gasteiger partial charge is 0.288 e. The van der Waals surface area contributed by atoms with Crippen LogP contribution in [0.15, 0.2) is 41.3 Å². The van der Waals surface area contributed by atoms with Crippen LogP contribution >= 0.6 is 11.6 Å². The molecule has 2 aliphatic rings. The van der Waals surface area contributed by atoms with Crippen molar-refractivity contribution in [3.05, 3.63) is 58.1 Å². The minimum Gasteiger partial charge on any atom is -0.288 e. The van der Waals surface area contributed by atoms with Crippen molar-refractivity contribution < 1.29 is 13.2 Å². The summed E-state index contributed by atoms with van der Waals surface area (Å²) in [7, 11) is -3.78. The molecule has 22 heavy (non-hydrogen) atoms. The van der Waals surface area contributed by atoms with Gasteiger partial charge >= 0.3 is 0 Å². The Bertz CT molecular complexity index is 921. The van der Waals surface area contributed by atoms with Crippen LogP contribution in [0.1, 0.15) is 27.9 Å². The molecular weight excluding hydrogens is 322 g/mol. The number of fused-ring (bicyclic) bond motifs is 1. The van der Waals surface area contributed by atoms with Gasteiger partial charge in [0.05, 0.1) is 5.69 Å². The van der Waals surface area contributed by atoms with Crippen LogP contribution in [-0.2, 0) is 16.4 Å². The summed E-state index contributed by atoms with van der Waals surface area (Å²) >= 11 is 5.96. The summed E-state index contributed by atoms with van der Waals surface area (Å²) in [6.45, 7) is 0.381. The minimum atomic E-state index is -3.78. The number of rotatable bonds is 0. The molecule has 0 amide bonds. The van der Waals surface area contributed by atoms with Crippen molar-refractivity contribution in [3.8, 4) is 0 Å². The summed E-state index contributed by atoms with van der Waals surface area (Å²) in [6, 6.07) is 9.80. The normalized spacial score (nSPS) is 18.4. The van der Waals surface area contributed by atoms with Gasteiger partial charge in [0.15, 0.2) is 5.78 Å². The topological polar surface area (TPSA) is 54.5 Å². The van der Waals surface area contributed by atoms with E-state index in [0.717, 1.165) is 18.4 Å². The summed E-state index contributed by atoms with van der Waals surface area (Å²) in [5.74, 6) is -0.267. The van der Waals surface area contributed by atoms with Gasteiger partial charge in [0, 0.05) is 22.7 Å². The predicted molar refractivity (Wildman–Crippen MR) is 84.2 cm³/mol. The second-order valence-corrected chi connectivity index (χ2v) is 7.73. The fourth-order valence-corrected chi connectivity index (χ4v) is 5.21. The molecule has 0 spiro atoms.